The van der Waals surface area contributed by atoms with E-state index in [-0.39, 0.29) is 17.1 Å². The summed E-state index contributed by atoms with van der Waals surface area (Å²) in [5.41, 5.74) is 4.60. The molecular formula is C10H7F4N3. The van der Waals surface area contributed by atoms with Crippen molar-refractivity contribution in [2.45, 2.75) is 6.18 Å². The lowest BCUT2D eigenvalue weighted by Gasteiger charge is -2.06. The number of anilines is 1. The third-order valence-electron chi connectivity index (χ3n) is 2.23. The van der Waals surface area contributed by atoms with Crippen LogP contribution >= 0.6 is 0 Å². The molecule has 0 saturated heterocycles. The normalized spacial score (nSPS) is 11.8. The summed E-state index contributed by atoms with van der Waals surface area (Å²) < 4.78 is 50.2. The molecule has 0 radical (unpaired) electrons. The van der Waals surface area contributed by atoms with Crippen LogP contribution < -0.4 is 5.73 Å². The van der Waals surface area contributed by atoms with E-state index in [1.807, 2.05) is 0 Å². The molecule has 3 nitrogen and oxygen atoms in total. The van der Waals surface area contributed by atoms with Crippen molar-refractivity contribution < 1.29 is 17.6 Å². The van der Waals surface area contributed by atoms with Crippen LogP contribution in [0.15, 0.2) is 24.3 Å². The molecule has 2 aromatic rings. The number of hydrogen-bond acceptors (Lipinski definition) is 2. The molecule has 0 aliphatic carbocycles. The Labute approximate surface area is 93.3 Å². The van der Waals surface area contributed by atoms with Gasteiger partial charge in [0, 0.05) is 5.56 Å². The first-order chi connectivity index (χ1) is 7.89. The number of aromatic amines is 1. The van der Waals surface area contributed by atoms with E-state index in [0.717, 1.165) is 24.3 Å². The third-order valence-corrected chi connectivity index (χ3v) is 2.23. The van der Waals surface area contributed by atoms with Gasteiger partial charge in [-0.15, -0.1) is 0 Å². The summed E-state index contributed by atoms with van der Waals surface area (Å²) in [4.78, 5) is 0. The summed E-state index contributed by atoms with van der Waals surface area (Å²) in [5.74, 6) is -1.09. The average molecular weight is 245 g/mol. The van der Waals surface area contributed by atoms with Crippen molar-refractivity contribution in [2.75, 3.05) is 5.73 Å². The number of aromatic nitrogens is 2. The number of nitrogens with one attached hydrogen (secondary N) is 1. The number of nitrogen functional groups attached to an aromatic ring is 1. The van der Waals surface area contributed by atoms with Crippen LogP contribution in [0.5, 0.6) is 0 Å². The van der Waals surface area contributed by atoms with Crippen molar-refractivity contribution in [1.82, 2.24) is 10.2 Å². The number of nitrogens with zero attached hydrogens (tertiary/aromatic N) is 1. The second kappa shape index (κ2) is 3.76. The summed E-state index contributed by atoms with van der Waals surface area (Å²) in [6.45, 7) is 0. The Morgan fingerprint density at radius 3 is 2.12 bits per heavy atom. The molecule has 0 fully saturated rings. The maximum absolute atomic E-state index is 13.3. The van der Waals surface area contributed by atoms with Gasteiger partial charge in [0.05, 0.1) is 5.56 Å². The number of alkyl halides is 3. The first-order valence-electron chi connectivity index (χ1n) is 4.56. The lowest BCUT2D eigenvalue weighted by molar-refractivity contribution is -0.137. The molecule has 1 aromatic heterocycles. The molecule has 0 bridgehead atoms. The van der Waals surface area contributed by atoms with Crippen molar-refractivity contribution >= 4 is 5.82 Å². The first kappa shape index (κ1) is 11.4. The molecule has 17 heavy (non-hydrogen) atoms. The zero-order valence-electron chi connectivity index (χ0n) is 8.35. The molecule has 1 heterocycles. The van der Waals surface area contributed by atoms with E-state index >= 15 is 0 Å². The van der Waals surface area contributed by atoms with Crippen LogP contribution in [0.3, 0.4) is 0 Å². The Balaban J connectivity index is 2.40. The molecule has 2 rings (SSSR count). The van der Waals surface area contributed by atoms with Gasteiger partial charge in [0.25, 0.3) is 0 Å². The second-order valence-corrected chi connectivity index (χ2v) is 3.37. The lowest BCUT2D eigenvalue weighted by atomic mass is 10.1. The standard InChI is InChI=1S/C10H7F4N3/c11-7-8(16-17-9(7)15)5-1-3-6(4-2-5)10(12,13)14/h1-4H,(H3,15,16,17). The molecule has 1 aromatic carbocycles. The van der Waals surface area contributed by atoms with Gasteiger partial charge >= 0.3 is 6.18 Å². The van der Waals surface area contributed by atoms with Crippen LogP contribution in [0, 0.1) is 5.82 Å². The van der Waals surface area contributed by atoms with Crippen LogP contribution in [0.2, 0.25) is 0 Å². The number of H-pyrrole nitrogens is 1. The van der Waals surface area contributed by atoms with Crippen LogP contribution in [-0.4, -0.2) is 10.2 Å². The zero-order chi connectivity index (χ0) is 12.6. The molecule has 0 aliphatic heterocycles. The van der Waals surface area contributed by atoms with E-state index in [0.29, 0.717) is 0 Å². The average Bonchev–Trinajstić information content (AvgIpc) is 2.59. The van der Waals surface area contributed by atoms with Gasteiger partial charge in [-0.3, -0.25) is 5.10 Å². The zero-order valence-corrected chi connectivity index (χ0v) is 8.35. The quantitative estimate of drug-likeness (QED) is 0.759. The number of nitrogens with two attached hydrogens (primary N) is 1. The van der Waals surface area contributed by atoms with Gasteiger partial charge in [0.1, 0.15) is 5.69 Å². The van der Waals surface area contributed by atoms with E-state index in [9.17, 15) is 17.6 Å². The highest BCUT2D eigenvalue weighted by Crippen LogP contribution is 2.31. The van der Waals surface area contributed by atoms with E-state index in [1.54, 1.807) is 0 Å². The molecule has 90 valence electrons. The smallest absolute Gasteiger partial charge is 0.380 e. The van der Waals surface area contributed by atoms with Crippen molar-refractivity contribution in [3.63, 3.8) is 0 Å². The largest absolute Gasteiger partial charge is 0.416 e. The lowest BCUT2D eigenvalue weighted by Crippen LogP contribution is -2.04. The van der Waals surface area contributed by atoms with Crippen molar-refractivity contribution in [2.24, 2.45) is 0 Å². The fraction of sp³-hybridized carbons (Fsp3) is 0.100. The summed E-state index contributed by atoms with van der Waals surface area (Å²) in [6, 6.07) is 4.04. The van der Waals surface area contributed by atoms with E-state index in [1.165, 1.54) is 0 Å². The Hall–Kier alpha value is -2.05. The van der Waals surface area contributed by atoms with Gasteiger partial charge in [-0.05, 0) is 12.1 Å². The Morgan fingerprint density at radius 2 is 1.71 bits per heavy atom. The predicted octanol–water partition coefficient (Wildman–Crippen LogP) is 2.82. The van der Waals surface area contributed by atoms with Crippen molar-refractivity contribution in [3.05, 3.63) is 35.6 Å². The van der Waals surface area contributed by atoms with Crippen LogP contribution in [-0.2, 0) is 6.18 Å². The Bertz CT molecular complexity index is 527. The minimum atomic E-state index is -4.41. The van der Waals surface area contributed by atoms with Crippen LogP contribution in [0.25, 0.3) is 11.3 Å². The van der Waals surface area contributed by atoms with Gasteiger partial charge < -0.3 is 5.73 Å². The summed E-state index contributed by atoms with van der Waals surface area (Å²) in [6.07, 6.45) is -4.41. The van der Waals surface area contributed by atoms with Gasteiger partial charge in [0.2, 0.25) is 0 Å². The fourth-order valence-electron chi connectivity index (χ4n) is 1.36. The number of benzene rings is 1. The fourth-order valence-corrected chi connectivity index (χ4v) is 1.36. The maximum Gasteiger partial charge on any atom is 0.416 e. The monoisotopic (exact) mass is 245 g/mol. The highest BCUT2D eigenvalue weighted by molar-refractivity contribution is 5.63. The summed E-state index contributed by atoms with van der Waals surface area (Å²) in [7, 11) is 0. The third kappa shape index (κ3) is 2.08. The summed E-state index contributed by atoms with van der Waals surface area (Å²) >= 11 is 0. The maximum atomic E-state index is 13.3. The molecule has 0 atom stereocenters. The highest BCUT2D eigenvalue weighted by Gasteiger charge is 2.30. The summed E-state index contributed by atoms with van der Waals surface area (Å²) in [5, 5.41) is 5.74. The minimum Gasteiger partial charge on any atom is -0.380 e. The number of halogens is 4. The van der Waals surface area contributed by atoms with Gasteiger partial charge in [0.15, 0.2) is 11.6 Å². The second-order valence-electron chi connectivity index (χ2n) is 3.37. The molecule has 0 spiro atoms. The molecule has 0 aliphatic rings. The Kier molecular flexibility index (Phi) is 2.53. The van der Waals surface area contributed by atoms with Gasteiger partial charge in [-0.2, -0.15) is 18.3 Å². The molecule has 0 amide bonds. The molecular weight excluding hydrogens is 238 g/mol. The van der Waals surface area contributed by atoms with E-state index in [2.05, 4.69) is 10.2 Å². The van der Waals surface area contributed by atoms with Gasteiger partial charge in [-0.25, -0.2) is 4.39 Å². The van der Waals surface area contributed by atoms with Crippen LogP contribution in [0.4, 0.5) is 23.4 Å². The molecule has 7 heteroatoms. The van der Waals surface area contributed by atoms with Gasteiger partial charge in [-0.1, -0.05) is 12.1 Å². The molecule has 0 saturated carbocycles. The van der Waals surface area contributed by atoms with E-state index < -0.39 is 17.6 Å². The molecule has 3 N–H and O–H groups in total. The minimum absolute atomic E-state index is 0.0313. The highest BCUT2D eigenvalue weighted by atomic mass is 19.4. The SMILES string of the molecule is Nc1n[nH]c(-c2ccc(C(F)(F)F)cc2)c1F. The predicted molar refractivity (Wildman–Crippen MR) is 53.4 cm³/mol. The molecule has 0 unspecified atom stereocenters. The topological polar surface area (TPSA) is 54.7 Å². The number of hydrogen-bond donors (Lipinski definition) is 2. The first-order valence-corrected chi connectivity index (χ1v) is 4.56. The van der Waals surface area contributed by atoms with E-state index in [4.69, 9.17) is 5.73 Å². The van der Waals surface area contributed by atoms with Crippen molar-refractivity contribution in [1.29, 1.82) is 0 Å². The number of rotatable bonds is 1. The van der Waals surface area contributed by atoms with Crippen molar-refractivity contribution in [3.8, 4) is 11.3 Å². The van der Waals surface area contributed by atoms with Crippen LogP contribution in [0.1, 0.15) is 5.56 Å². The Morgan fingerprint density at radius 1 is 1.12 bits per heavy atom.